The Balaban J connectivity index is 0.750. The van der Waals surface area contributed by atoms with Crippen LogP contribution in [0.1, 0.15) is 88.0 Å². The molecule has 4 atom stereocenters. The Bertz CT molecular complexity index is 2160. The molecule has 0 aromatic heterocycles. The molecule has 1 unspecified atom stereocenters. The van der Waals surface area contributed by atoms with Crippen molar-refractivity contribution in [2.75, 3.05) is 49.1 Å². The first kappa shape index (κ1) is 37.1. The van der Waals surface area contributed by atoms with Crippen molar-refractivity contribution in [1.82, 2.24) is 20.0 Å². The number of carbonyl (C=O) groups is 5. The average Bonchev–Trinajstić information content (AvgIpc) is 3.64. The number of imide groups is 2. The molecule has 5 fully saturated rings. The van der Waals surface area contributed by atoms with E-state index in [4.69, 9.17) is 16.3 Å². The second kappa shape index (κ2) is 15.1. The number of nitriles is 1. The summed E-state index contributed by atoms with van der Waals surface area (Å²) in [6.07, 6.45) is 6.20. The van der Waals surface area contributed by atoms with Gasteiger partial charge in [-0.25, -0.2) is 0 Å². The molecular weight excluding hydrogens is 746 g/mol. The predicted molar refractivity (Wildman–Crippen MR) is 211 cm³/mol. The van der Waals surface area contributed by atoms with E-state index < -0.39 is 29.7 Å². The highest BCUT2D eigenvalue weighted by Crippen LogP contribution is 2.41. The molecule has 0 saturated carbocycles. The van der Waals surface area contributed by atoms with Crippen LogP contribution in [0.25, 0.3) is 0 Å². The first-order chi connectivity index (χ1) is 27.6. The van der Waals surface area contributed by atoms with Gasteiger partial charge in [-0.05, 0) is 86.7 Å². The van der Waals surface area contributed by atoms with E-state index in [1.165, 1.54) is 0 Å². The number of carbonyl (C=O) groups excluding carboxylic acids is 5. The molecule has 6 heterocycles. The summed E-state index contributed by atoms with van der Waals surface area (Å²) in [7, 11) is 0. The van der Waals surface area contributed by atoms with Crippen LogP contribution in [0.5, 0.6) is 5.75 Å². The molecule has 0 radical (unpaired) electrons. The molecule has 57 heavy (non-hydrogen) atoms. The summed E-state index contributed by atoms with van der Waals surface area (Å²) < 4.78 is 6.32. The maximum absolute atomic E-state index is 13.6. The van der Waals surface area contributed by atoms with Crippen LogP contribution >= 0.6 is 11.6 Å². The smallest absolute Gasteiger partial charge is 0.262 e. The van der Waals surface area contributed by atoms with Gasteiger partial charge in [-0.15, -0.1) is 0 Å². The lowest BCUT2D eigenvalue weighted by Crippen LogP contribution is -2.54. The van der Waals surface area contributed by atoms with Crippen LogP contribution in [-0.4, -0.2) is 114 Å². The molecule has 6 aliphatic rings. The van der Waals surface area contributed by atoms with Crippen LogP contribution in [0.15, 0.2) is 60.7 Å². The van der Waals surface area contributed by atoms with Gasteiger partial charge in [-0.3, -0.25) is 39.1 Å². The number of halogens is 1. The highest BCUT2D eigenvalue weighted by molar-refractivity contribution is 6.31. The maximum atomic E-state index is 13.6. The van der Waals surface area contributed by atoms with E-state index in [0.29, 0.717) is 58.7 Å². The fourth-order valence-corrected chi connectivity index (χ4v) is 10.1. The molecule has 9 rings (SSSR count). The third-order valence-corrected chi connectivity index (χ3v) is 13.1. The van der Waals surface area contributed by atoms with Crippen molar-refractivity contribution in [1.29, 1.82) is 5.26 Å². The van der Waals surface area contributed by atoms with Gasteiger partial charge in [0.1, 0.15) is 24.0 Å². The summed E-state index contributed by atoms with van der Waals surface area (Å²) in [6.45, 7) is 4.57. The molecule has 6 aliphatic heterocycles. The van der Waals surface area contributed by atoms with E-state index in [-0.39, 0.29) is 30.4 Å². The summed E-state index contributed by atoms with van der Waals surface area (Å²) in [6, 6.07) is 20.9. The number of piperazine rings is 1. The number of hydrogen-bond donors (Lipinski definition) is 1. The van der Waals surface area contributed by atoms with Gasteiger partial charge in [0.25, 0.3) is 17.7 Å². The van der Waals surface area contributed by atoms with Gasteiger partial charge < -0.3 is 19.4 Å². The lowest BCUT2D eigenvalue weighted by molar-refractivity contribution is -0.136. The summed E-state index contributed by atoms with van der Waals surface area (Å²) in [5.74, 6) is -1.24. The molecule has 2 bridgehead atoms. The number of fused-ring (bicyclic) bond motifs is 3. The topological polar surface area (TPSA) is 147 Å². The van der Waals surface area contributed by atoms with Crippen molar-refractivity contribution in [3.8, 4) is 11.8 Å². The van der Waals surface area contributed by atoms with Crippen LogP contribution < -0.4 is 19.9 Å². The number of rotatable bonds is 7. The quantitative estimate of drug-likeness (QED) is 0.337. The number of amides is 5. The zero-order chi connectivity index (χ0) is 39.4. The van der Waals surface area contributed by atoms with Gasteiger partial charge in [0.15, 0.2) is 0 Å². The Morgan fingerprint density at radius 2 is 1.44 bits per heavy atom. The molecule has 3 aromatic carbocycles. The largest absolute Gasteiger partial charge is 0.490 e. The Morgan fingerprint density at radius 1 is 0.754 bits per heavy atom. The van der Waals surface area contributed by atoms with Crippen LogP contribution in [0.2, 0.25) is 5.02 Å². The summed E-state index contributed by atoms with van der Waals surface area (Å²) in [5, 5.41) is 11.8. The second-order valence-corrected chi connectivity index (χ2v) is 16.4. The maximum Gasteiger partial charge on any atom is 0.262 e. The highest BCUT2D eigenvalue weighted by Gasteiger charge is 2.45. The van der Waals surface area contributed by atoms with Gasteiger partial charge in [-0.1, -0.05) is 11.6 Å². The number of ether oxygens (including phenoxy) is 1. The highest BCUT2D eigenvalue weighted by atomic mass is 35.5. The zero-order valence-corrected chi connectivity index (χ0v) is 32.3. The molecule has 0 aliphatic carbocycles. The van der Waals surface area contributed by atoms with E-state index in [1.807, 2.05) is 29.2 Å². The van der Waals surface area contributed by atoms with Gasteiger partial charge in [0, 0.05) is 99.7 Å². The molecule has 1 N–H and O–H groups in total. The second-order valence-electron chi connectivity index (χ2n) is 16.0. The fourth-order valence-electron chi connectivity index (χ4n) is 9.89. The Kier molecular flexibility index (Phi) is 9.86. The van der Waals surface area contributed by atoms with Crippen LogP contribution in [0, 0.1) is 11.3 Å². The van der Waals surface area contributed by atoms with Crippen LogP contribution in [0.3, 0.4) is 0 Å². The average molecular weight is 790 g/mol. The van der Waals surface area contributed by atoms with E-state index in [2.05, 4.69) is 38.2 Å². The predicted octanol–water partition coefficient (Wildman–Crippen LogP) is 4.62. The molecule has 0 spiro atoms. The molecule has 5 amide bonds. The SMILES string of the molecule is N#Cc1ccc(O[C@H]2C[C@H]3CC[C@@H](C2)N3c2ccc(C(=O)N3CCN(C4CCN(c5ccc6c(c5)C(=O)N(C5CCC(=O)NC5=O)C6=O)CC4)CC3)cc2)cc1Cl. The van der Waals surface area contributed by atoms with Gasteiger partial charge >= 0.3 is 0 Å². The number of piperidine rings is 3. The molecule has 13 nitrogen and oxygen atoms in total. The first-order valence-corrected chi connectivity index (χ1v) is 20.4. The molecule has 5 saturated heterocycles. The summed E-state index contributed by atoms with van der Waals surface area (Å²) in [5.41, 5.74) is 3.75. The van der Waals surface area contributed by atoms with Crippen molar-refractivity contribution in [2.24, 2.45) is 0 Å². The van der Waals surface area contributed by atoms with Gasteiger partial charge in [0.05, 0.1) is 21.7 Å². The van der Waals surface area contributed by atoms with Crippen LogP contribution in [0.4, 0.5) is 11.4 Å². The third kappa shape index (κ3) is 6.99. The Hall–Kier alpha value is -5.45. The molecule has 294 valence electrons. The molecule has 3 aromatic rings. The van der Waals surface area contributed by atoms with Gasteiger partial charge in [0.2, 0.25) is 11.8 Å². The van der Waals surface area contributed by atoms with Crippen molar-refractivity contribution >= 4 is 52.5 Å². The Labute approximate surface area is 336 Å². The lowest BCUT2D eigenvalue weighted by atomic mass is 9.98. The number of anilines is 2. The first-order valence-electron chi connectivity index (χ1n) is 20.0. The summed E-state index contributed by atoms with van der Waals surface area (Å²) >= 11 is 6.24. The zero-order valence-electron chi connectivity index (χ0n) is 31.6. The van der Waals surface area contributed by atoms with Crippen molar-refractivity contribution in [2.45, 2.75) is 81.6 Å². The summed E-state index contributed by atoms with van der Waals surface area (Å²) in [4.78, 5) is 74.4. The number of nitrogens with zero attached hydrogens (tertiary/aromatic N) is 6. The van der Waals surface area contributed by atoms with E-state index in [1.54, 1.807) is 24.3 Å². The minimum absolute atomic E-state index is 0.0629. The minimum Gasteiger partial charge on any atom is -0.490 e. The minimum atomic E-state index is -0.981. The van der Waals surface area contributed by atoms with E-state index >= 15 is 0 Å². The van der Waals surface area contributed by atoms with E-state index in [0.717, 1.165) is 81.0 Å². The number of benzene rings is 3. The van der Waals surface area contributed by atoms with Crippen molar-refractivity contribution in [3.63, 3.8) is 0 Å². The number of nitrogens with one attached hydrogen (secondary N) is 1. The third-order valence-electron chi connectivity index (χ3n) is 12.8. The fraction of sp³-hybridized carbons (Fsp3) is 0.442. The number of hydrogen-bond acceptors (Lipinski definition) is 10. The molecular formula is C43H44ClN7O6. The standard InChI is InChI=1S/C43H44ClN7O6/c44-37-24-33(9-3-27(37)25-45)57-34-21-31-6-7-32(22-34)50(31)29-4-1-26(2-5-29)41(54)49-19-17-48(18-20-49)28-13-15-47(16-14-28)30-8-10-35-36(23-30)43(56)51(42(35)55)38-11-12-39(52)46-40(38)53/h1-5,8-10,23-24,28,31-32,34,38H,6-7,11-22H2,(H,46,52,53)/t31-,32+,34+,38?. The van der Waals surface area contributed by atoms with E-state index in [9.17, 15) is 29.2 Å². The molecule has 14 heteroatoms. The van der Waals surface area contributed by atoms with Gasteiger partial charge in [-0.2, -0.15) is 5.26 Å². The van der Waals surface area contributed by atoms with Crippen molar-refractivity contribution < 1.29 is 28.7 Å². The Morgan fingerprint density at radius 3 is 2.11 bits per heavy atom. The normalized spacial score (nSPS) is 25.4. The van der Waals surface area contributed by atoms with Crippen molar-refractivity contribution in [3.05, 3.63) is 87.9 Å². The van der Waals surface area contributed by atoms with Crippen LogP contribution in [-0.2, 0) is 9.59 Å². The monoisotopic (exact) mass is 789 g/mol. The lowest BCUT2D eigenvalue weighted by Gasteiger charge is -2.43.